The molecular weight excluding hydrogens is 386 g/mol. The Morgan fingerprint density at radius 2 is 1.72 bits per heavy atom. The number of aryl methyl sites for hydroxylation is 2. The van der Waals surface area contributed by atoms with E-state index in [1.165, 1.54) is 4.31 Å². The van der Waals surface area contributed by atoms with E-state index in [4.69, 9.17) is 4.98 Å². The predicted molar refractivity (Wildman–Crippen MR) is 114 cm³/mol. The van der Waals surface area contributed by atoms with Crippen molar-refractivity contribution in [2.45, 2.75) is 38.5 Å². The number of nitrogens with zero attached hydrogens (tertiary/aromatic N) is 5. The second kappa shape index (κ2) is 7.44. The van der Waals surface area contributed by atoms with Crippen LogP contribution < -0.4 is 4.31 Å². The molecule has 0 bridgehead atoms. The van der Waals surface area contributed by atoms with E-state index in [1.807, 2.05) is 49.4 Å². The van der Waals surface area contributed by atoms with E-state index in [1.54, 1.807) is 24.3 Å². The lowest BCUT2D eigenvalue weighted by Gasteiger charge is -2.23. The Kier molecular flexibility index (Phi) is 4.96. The summed E-state index contributed by atoms with van der Waals surface area (Å²) in [5, 5.41) is 8.59. The summed E-state index contributed by atoms with van der Waals surface area (Å²) >= 11 is 0. The first-order valence-electron chi connectivity index (χ1n) is 9.69. The molecule has 29 heavy (non-hydrogen) atoms. The Labute approximate surface area is 170 Å². The summed E-state index contributed by atoms with van der Waals surface area (Å²) in [6, 6.07) is 14.5. The van der Waals surface area contributed by atoms with Gasteiger partial charge in [-0.3, -0.25) is 4.40 Å². The number of hydrogen-bond acceptors (Lipinski definition) is 5. The quantitative estimate of drug-likeness (QED) is 0.484. The molecule has 2 heterocycles. The maximum absolute atomic E-state index is 13.5. The maximum Gasteiger partial charge on any atom is 0.265 e. The van der Waals surface area contributed by atoms with Crippen LogP contribution in [0.5, 0.6) is 0 Å². The molecule has 4 aromatic rings. The van der Waals surface area contributed by atoms with Gasteiger partial charge in [-0.2, -0.15) is 0 Å². The molecule has 150 valence electrons. The SMILES string of the molecule is CCCN(c1nc2ccccc2n2c(CC)nnc12)S(=O)(=O)c1ccc(C)cc1. The van der Waals surface area contributed by atoms with Crippen molar-refractivity contribution in [3.8, 4) is 0 Å². The number of para-hydroxylation sites is 2. The molecular formula is C21H23N5O2S. The first-order chi connectivity index (χ1) is 14.0. The highest BCUT2D eigenvalue weighted by molar-refractivity contribution is 7.92. The highest BCUT2D eigenvalue weighted by atomic mass is 32.2. The first kappa shape index (κ1) is 19.3. The molecule has 2 aromatic heterocycles. The van der Waals surface area contributed by atoms with Gasteiger partial charge in [-0.1, -0.05) is 43.7 Å². The molecule has 0 radical (unpaired) electrons. The smallest absolute Gasteiger partial charge is 0.265 e. The summed E-state index contributed by atoms with van der Waals surface area (Å²) in [5.74, 6) is 1.07. The molecule has 8 heteroatoms. The Hall–Kier alpha value is -3.00. The van der Waals surface area contributed by atoms with Gasteiger partial charge >= 0.3 is 0 Å². The van der Waals surface area contributed by atoms with Crippen LogP contribution in [0.1, 0.15) is 31.7 Å². The van der Waals surface area contributed by atoms with Crippen molar-refractivity contribution in [3.63, 3.8) is 0 Å². The molecule has 0 atom stereocenters. The van der Waals surface area contributed by atoms with Crippen molar-refractivity contribution in [1.29, 1.82) is 0 Å². The average Bonchev–Trinajstić information content (AvgIpc) is 3.16. The summed E-state index contributed by atoms with van der Waals surface area (Å²) in [4.78, 5) is 4.94. The lowest BCUT2D eigenvalue weighted by molar-refractivity contribution is 0.589. The largest absolute Gasteiger partial charge is 0.274 e. The van der Waals surface area contributed by atoms with Crippen LogP contribution in [0.3, 0.4) is 0 Å². The van der Waals surface area contributed by atoms with Crippen LogP contribution in [0.15, 0.2) is 53.4 Å². The van der Waals surface area contributed by atoms with Crippen molar-refractivity contribution in [1.82, 2.24) is 19.6 Å². The fourth-order valence-corrected chi connectivity index (χ4v) is 4.91. The summed E-state index contributed by atoms with van der Waals surface area (Å²) in [5.41, 5.74) is 3.01. The molecule has 0 fully saturated rings. The van der Waals surface area contributed by atoms with Crippen LogP contribution in [-0.2, 0) is 16.4 Å². The monoisotopic (exact) mass is 409 g/mol. The highest BCUT2D eigenvalue weighted by Crippen LogP contribution is 2.29. The van der Waals surface area contributed by atoms with Crippen molar-refractivity contribution >= 4 is 32.5 Å². The second-order valence-corrected chi connectivity index (χ2v) is 8.81. The molecule has 0 N–H and O–H groups in total. The van der Waals surface area contributed by atoms with E-state index >= 15 is 0 Å². The van der Waals surface area contributed by atoms with Gasteiger partial charge in [0.2, 0.25) is 5.65 Å². The number of anilines is 1. The van der Waals surface area contributed by atoms with Gasteiger partial charge in [0.15, 0.2) is 5.82 Å². The Balaban J connectivity index is 2.01. The van der Waals surface area contributed by atoms with Gasteiger partial charge in [0.05, 0.1) is 15.9 Å². The van der Waals surface area contributed by atoms with Crippen LogP contribution in [0.25, 0.3) is 16.7 Å². The number of hydrogen-bond donors (Lipinski definition) is 0. The molecule has 0 aliphatic heterocycles. The topological polar surface area (TPSA) is 80.5 Å². The summed E-state index contributed by atoms with van der Waals surface area (Å²) in [6.45, 7) is 6.16. The Morgan fingerprint density at radius 1 is 1.00 bits per heavy atom. The van der Waals surface area contributed by atoms with E-state index in [0.717, 1.165) is 16.9 Å². The molecule has 0 saturated heterocycles. The zero-order valence-electron chi connectivity index (χ0n) is 16.7. The molecule has 0 aliphatic rings. The van der Waals surface area contributed by atoms with Crippen molar-refractivity contribution in [2.75, 3.05) is 10.8 Å². The summed E-state index contributed by atoms with van der Waals surface area (Å²) in [7, 11) is -3.80. The van der Waals surface area contributed by atoms with Gasteiger partial charge in [-0.15, -0.1) is 10.2 Å². The summed E-state index contributed by atoms with van der Waals surface area (Å²) < 4.78 is 30.3. The normalized spacial score (nSPS) is 12.0. The Morgan fingerprint density at radius 3 is 2.41 bits per heavy atom. The van der Waals surface area contributed by atoms with Crippen LogP contribution in [0, 0.1) is 6.92 Å². The number of benzene rings is 2. The third-order valence-corrected chi connectivity index (χ3v) is 6.67. The van der Waals surface area contributed by atoms with E-state index in [9.17, 15) is 8.42 Å². The molecule has 0 saturated carbocycles. The molecule has 7 nitrogen and oxygen atoms in total. The minimum Gasteiger partial charge on any atom is -0.274 e. The lowest BCUT2D eigenvalue weighted by Crippen LogP contribution is -2.33. The first-order valence-corrected chi connectivity index (χ1v) is 11.1. The minimum atomic E-state index is -3.80. The number of fused-ring (bicyclic) bond motifs is 3. The van der Waals surface area contributed by atoms with E-state index in [0.29, 0.717) is 36.4 Å². The fourth-order valence-electron chi connectivity index (χ4n) is 3.40. The average molecular weight is 410 g/mol. The molecule has 0 unspecified atom stereocenters. The van der Waals surface area contributed by atoms with E-state index < -0.39 is 10.0 Å². The van der Waals surface area contributed by atoms with Gasteiger partial charge in [-0.25, -0.2) is 17.7 Å². The standard InChI is InChI=1S/C21H23N5O2S/c1-4-14-25(29(27,28)16-12-10-15(3)11-13-16)20-21-24-23-19(5-2)26(21)18-9-7-6-8-17(18)22-20/h6-13H,4-5,14H2,1-3H3. The third kappa shape index (κ3) is 3.23. The van der Waals surface area contributed by atoms with Crippen molar-refractivity contribution < 1.29 is 8.42 Å². The zero-order chi connectivity index (χ0) is 20.6. The zero-order valence-corrected chi connectivity index (χ0v) is 17.5. The highest BCUT2D eigenvalue weighted by Gasteiger charge is 2.29. The third-order valence-electron chi connectivity index (χ3n) is 4.87. The van der Waals surface area contributed by atoms with Crippen molar-refractivity contribution in [2.24, 2.45) is 0 Å². The van der Waals surface area contributed by atoms with Gasteiger partial charge in [-0.05, 0) is 37.6 Å². The number of aromatic nitrogens is 4. The van der Waals surface area contributed by atoms with Gasteiger partial charge < -0.3 is 0 Å². The molecule has 0 spiro atoms. The number of rotatable bonds is 6. The van der Waals surface area contributed by atoms with Crippen LogP contribution in [0.2, 0.25) is 0 Å². The Bertz CT molecular complexity index is 1280. The van der Waals surface area contributed by atoms with E-state index in [2.05, 4.69) is 10.2 Å². The maximum atomic E-state index is 13.5. The number of sulfonamides is 1. The van der Waals surface area contributed by atoms with Crippen LogP contribution in [0.4, 0.5) is 5.82 Å². The van der Waals surface area contributed by atoms with Crippen molar-refractivity contribution in [3.05, 3.63) is 59.9 Å². The van der Waals surface area contributed by atoms with Gasteiger partial charge in [0.25, 0.3) is 10.0 Å². The second-order valence-electron chi connectivity index (χ2n) is 6.94. The fraction of sp³-hybridized carbons (Fsp3) is 0.286. The van der Waals surface area contributed by atoms with Gasteiger partial charge in [0, 0.05) is 13.0 Å². The molecule has 0 aliphatic carbocycles. The predicted octanol–water partition coefficient (Wildman–Crippen LogP) is 3.75. The van der Waals surface area contributed by atoms with Crippen LogP contribution >= 0.6 is 0 Å². The minimum absolute atomic E-state index is 0.236. The molecule has 0 amide bonds. The van der Waals surface area contributed by atoms with Gasteiger partial charge in [0.1, 0.15) is 5.82 Å². The van der Waals surface area contributed by atoms with Crippen LogP contribution in [-0.4, -0.2) is 34.5 Å². The summed E-state index contributed by atoms with van der Waals surface area (Å²) in [6.07, 6.45) is 1.31. The molecule has 2 aromatic carbocycles. The lowest BCUT2D eigenvalue weighted by atomic mass is 10.2. The van der Waals surface area contributed by atoms with E-state index in [-0.39, 0.29) is 4.90 Å². The molecule has 4 rings (SSSR count).